The number of aromatic nitrogens is 4. The molecule has 2 aromatic carbocycles. The Morgan fingerprint density at radius 3 is 2.70 bits per heavy atom. The number of nitrogens with one attached hydrogen (secondary N) is 1. The Hall–Kier alpha value is -4.07. The molecule has 4 aromatic rings. The lowest BCUT2D eigenvalue weighted by Crippen LogP contribution is -2.42. The normalized spacial score (nSPS) is 13.6. The van der Waals surface area contributed by atoms with Gasteiger partial charge in [0, 0.05) is 30.8 Å². The summed E-state index contributed by atoms with van der Waals surface area (Å²) >= 11 is 0. The van der Waals surface area contributed by atoms with Crippen molar-refractivity contribution in [3.63, 3.8) is 0 Å². The maximum absolute atomic E-state index is 13.7. The summed E-state index contributed by atoms with van der Waals surface area (Å²) in [6.07, 6.45) is 8.76. The van der Waals surface area contributed by atoms with Crippen molar-refractivity contribution in [3.05, 3.63) is 72.2 Å². The molecule has 1 aliphatic rings. The highest BCUT2D eigenvalue weighted by molar-refractivity contribution is 5.91. The number of aryl methyl sites for hydroxylation is 1. The summed E-state index contributed by atoms with van der Waals surface area (Å²) in [6, 6.07) is 18.4. The molecule has 1 N–H and O–H groups in total. The number of amides is 2. The molecule has 1 fully saturated rings. The van der Waals surface area contributed by atoms with Crippen LogP contribution in [0.15, 0.2) is 60.8 Å². The Bertz CT molecular complexity index is 1470. The van der Waals surface area contributed by atoms with Crippen LogP contribution in [0, 0.1) is 6.92 Å². The molecule has 2 heterocycles. The number of benzene rings is 2. The van der Waals surface area contributed by atoms with Crippen molar-refractivity contribution in [2.24, 2.45) is 0 Å². The van der Waals surface area contributed by atoms with Crippen LogP contribution in [-0.2, 0) is 22.6 Å². The van der Waals surface area contributed by atoms with E-state index in [1.54, 1.807) is 6.20 Å². The molecule has 0 saturated heterocycles. The van der Waals surface area contributed by atoms with Gasteiger partial charge in [0.25, 0.3) is 0 Å². The highest BCUT2D eigenvalue weighted by Gasteiger charge is 2.27. The Morgan fingerprint density at radius 1 is 1.07 bits per heavy atom. The standard InChI is InChI=1S/C32H38N6O2/c1-3-4-16-30(39)35-29-21-26(17-18-33-29)32-34-23(2)38(36-32)20-19-37(27-13-6-7-14-27)31(40)22-25-12-9-11-24-10-5-8-15-28(24)25/h5,8-12,15,17-18,21,27H,3-4,6-7,13-14,16,19-20,22H2,1-2H3,(H,33,35,39). The molecule has 40 heavy (non-hydrogen) atoms. The van der Waals surface area contributed by atoms with Crippen LogP contribution in [0.5, 0.6) is 0 Å². The molecule has 1 aliphatic carbocycles. The van der Waals surface area contributed by atoms with Crippen molar-refractivity contribution in [2.75, 3.05) is 11.9 Å². The third kappa shape index (κ3) is 6.55. The first kappa shape index (κ1) is 27.5. The third-order valence-corrected chi connectivity index (χ3v) is 7.76. The third-order valence-electron chi connectivity index (χ3n) is 7.76. The highest BCUT2D eigenvalue weighted by Crippen LogP contribution is 2.26. The second kappa shape index (κ2) is 12.9. The second-order valence-electron chi connectivity index (χ2n) is 10.6. The molecule has 5 rings (SSSR count). The quantitative estimate of drug-likeness (QED) is 0.255. The summed E-state index contributed by atoms with van der Waals surface area (Å²) in [7, 11) is 0. The van der Waals surface area contributed by atoms with Gasteiger partial charge < -0.3 is 10.2 Å². The van der Waals surface area contributed by atoms with Crippen LogP contribution in [0.25, 0.3) is 22.2 Å². The molecule has 0 bridgehead atoms. The van der Waals surface area contributed by atoms with E-state index in [9.17, 15) is 9.59 Å². The van der Waals surface area contributed by atoms with E-state index < -0.39 is 0 Å². The molecule has 0 atom stereocenters. The van der Waals surface area contributed by atoms with Crippen LogP contribution < -0.4 is 5.32 Å². The van der Waals surface area contributed by atoms with E-state index in [0.29, 0.717) is 37.6 Å². The average molecular weight is 539 g/mol. The summed E-state index contributed by atoms with van der Waals surface area (Å²) in [4.78, 5) is 36.9. The van der Waals surface area contributed by atoms with Gasteiger partial charge in [0.1, 0.15) is 11.6 Å². The number of nitrogens with zero attached hydrogens (tertiary/aromatic N) is 5. The van der Waals surface area contributed by atoms with Gasteiger partial charge in [0.05, 0.1) is 13.0 Å². The van der Waals surface area contributed by atoms with E-state index >= 15 is 0 Å². The van der Waals surface area contributed by atoms with Crippen molar-refractivity contribution in [3.8, 4) is 11.4 Å². The zero-order valence-corrected chi connectivity index (χ0v) is 23.5. The second-order valence-corrected chi connectivity index (χ2v) is 10.6. The minimum absolute atomic E-state index is 0.0404. The molecule has 8 nitrogen and oxygen atoms in total. The Morgan fingerprint density at radius 2 is 1.88 bits per heavy atom. The van der Waals surface area contributed by atoms with Gasteiger partial charge in [-0.05, 0) is 54.7 Å². The number of pyridine rings is 1. The van der Waals surface area contributed by atoms with Gasteiger partial charge in [-0.2, -0.15) is 5.10 Å². The van der Waals surface area contributed by atoms with Gasteiger partial charge >= 0.3 is 0 Å². The fourth-order valence-electron chi connectivity index (χ4n) is 5.58. The lowest BCUT2D eigenvalue weighted by molar-refractivity contribution is -0.133. The van der Waals surface area contributed by atoms with Gasteiger partial charge in [-0.15, -0.1) is 0 Å². The molecule has 0 radical (unpaired) electrons. The maximum Gasteiger partial charge on any atom is 0.227 e. The summed E-state index contributed by atoms with van der Waals surface area (Å²) in [5, 5.41) is 9.92. The molecular formula is C32H38N6O2. The zero-order chi connectivity index (χ0) is 27.9. The first-order valence-corrected chi connectivity index (χ1v) is 14.5. The fraction of sp³-hybridized carbons (Fsp3) is 0.406. The number of anilines is 1. The Labute approximate surface area is 235 Å². The summed E-state index contributed by atoms with van der Waals surface area (Å²) in [6.45, 7) is 5.16. The molecule has 8 heteroatoms. The zero-order valence-electron chi connectivity index (χ0n) is 23.5. The molecular weight excluding hydrogens is 500 g/mol. The van der Waals surface area contributed by atoms with E-state index in [2.05, 4.69) is 51.4 Å². The van der Waals surface area contributed by atoms with Gasteiger partial charge in [-0.25, -0.2) is 14.6 Å². The topological polar surface area (TPSA) is 93.0 Å². The van der Waals surface area contributed by atoms with Crippen molar-refractivity contribution < 1.29 is 9.59 Å². The largest absolute Gasteiger partial charge is 0.338 e. The van der Waals surface area contributed by atoms with Gasteiger partial charge in [0.15, 0.2) is 5.82 Å². The van der Waals surface area contributed by atoms with Crippen molar-refractivity contribution in [2.45, 2.75) is 77.8 Å². The fourth-order valence-corrected chi connectivity index (χ4v) is 5.58. The lowest BCUT2D eigenvalue weighted by atomic mass is 10.0. The number of rotatable bonds is 11. The molecule has 0 spiro atoms. The minimum atomic E-state index is -0.0404. The Kier molecular flexibility index (Phi) is 8.84. The predicted octanol–water partition coefficient (Wildman–Crippen LogP) is 5.94. The smallest absolute Gasteiger partial charge is 0.227 e. The minimum Gasteiger partial charge on any atom is -0.338 e. The van der Waals surface area contributed by atoms with Gasteiger partial charge in [-0.3, -0.25) is 9.59 Å². The number of hydrogen-bond donors (Lipinski definition) is 1. The van der Waals surface area contributed by atoms with E-state index in [1.807, 2.05) is 41.9 Å². The van der Waals surface area contributed by atoms with Gasteiger partial charge in [-0.1, -0.05) is 68.7 Å². The maximum atomic E-state index is 13.7. The van der Waals surface area contributed by atoms with E-state index in [0.717, 1.165) is 66.2 Å². The SMILES string of the molecule is CCCCC(=O)Nc1cc(-c2nc(C)n(CCN(C(=O)Cc3cccc4ccccc34)C3CCCC3)n2)ccn1. The first-order valence-electron chi connectivity index (χ1n) is 14.5. The molecule has 2 aromatic heterocycles. The summed E-state index contributed by atoms with van der Waals surface area (Å²) in [5.74, 6) is 1.99. The average Bonchev–Trinajstić information content (AvgIpc) is 3.63. The van der Waals surface area contributed by atoms with Gasteiger partial charge in [0.2, 0.25) is 11.8 Å². The summed E-state index contributed by atoms with van der Waals surface area (Å²) in [5.41, 5.74) is 1.86. The number of carbonyl (C=O) groups excluding carboxylic acids is 2. The molecule has 0 unspecified atom stereocenters. The van der Waals surface area contributed by atoms with E-state index in [-0.39, 0.29) is 17.9 Å². The van der Waals surface area contributed by atoms with Crippen LogP contribution >= 0.6 is 0 Å². The molecule has 2 amide bonds. The van der Waals surface area contributed by atoms with Crippen molar-refractivity contribution in [1.82, 2.24) is 24.6 Å². The number of hydrogen-bond acceptors (Lipinski definition) is 5. The van der Waals surface area contributed by atoms with Crippen LogP contribution in [0.1, 0.15) is 63.3 Å². The number of fused-ring (bicyclic) bond motifs is 1. The van der Waals surface area contributed by atoms with Crippen molar-refractivity contribution in [1.29, 1.82) is 0 Å². The van der Waals surface area contributed by atoms with E-state index in [4.69, 9.17) is 5.10 Å². The van der Waals surface area contributed by atoms with Crippen LogP contribution in [-0.4, -0.2) is 49.0 Å². The van der Waals surface area contributed by atoms with Crippen LogP contribution in [0.3, 0.4) is 0 Å². The molecule has 208 valence electrons. The number of unbranched alkanes of at least 4 members (excludes halogenated alkanes) is 1. The number of carbonyl (C=O) groups is 2. The lowest BCUT2D eigenvalue weighted by Gasteiger charge is -2.29. The molecule has 0 aliphatic heterocycles. The predicted molar refractivity (Wildman–Crippen MR) is 158 cm³/mol. The van der Waals surface area contributed by atoms with Crippen LogP contribution in [0.2, 0.25) is 0 Å². The Balaban J connectivity index is 1.29. The van der Waals surface area contributed by atoms with Crippen LogP contribution in [0.4, 0.5) is 5.82 Å². The highest BCUT2D eigenvalue weighted by atomic mass is 16.2. The first-order chi connectivity index (χ1) is 19.5. The molecule has 1 saturated carbocycles. The van der Waals surface area contributed by atoms with Crippen molar-refractivity contribution >= 4 is 28.4 Å². The monoisotopic (exact) mass is 538 g/mol. The van der Waals surface area contributed by atoms with E-state index in [1.165, 1.54) is 0 Å². The summed E-state index contributed by atoms with van der Waals surface area (Å²) < 4.78 is 1.88.